The van der Waals surface area contributed by atoms with Crippen molar-refractivity contribution in [2.75, 3.05) is 13.6 Å². The van der Waals surface area contributed by atoms with Gasteiger partial charge in [-0.1, -0.05) is 18.2 Å². The fraction of sp³-hybridized carbons (Fsp3) is 0.286. The summed E-state index contributed by atoms with van der Waals surface area (Å²) in [4.78, 5) is 28.0. The van der Waals surface area contributed by atoms with Crippen molar-refractivity contribution in [2.45, 2.75) is 13.0 Å². The van der Waals surface area contributed by atoms with Gasteiger partial charge in [-0.15, -0.1) is 0 Å². The minimum Gasteiger partial charge on any atom is -0.392 e. The molecule has 0 saturated carbocycles. The number of carbonyl (C=O) groups is 1. The van der Waals surface area contributed by atoms with Gasteiger partial charge in [0.05, 0.1) is 11.7 Å². The molecule has 5 nitrogen and oxygen atoms in total. The van der Waals surface area contributed by atoms with E-state index < -0.39 is 6.10 Å². The Kier molecular flexibility index (Phi) is 3.66. The summed E-state index contributed by atoms with van der Waals surface area (Å²) < 4.78 is 0. The highest BCUT2D eigenvalue weighted by Crippen LogP contribution is 2.16. The molecule has 1 aromatic carbocycles. The van der Waals surface area contributed by atoms with E-state index in [-0.39, 0.29) is 18.0 Å². The van der Waals surface area contributed by atoms with Gasteiger partial charge in [-0.25, -0.2) is 0 Å². The minimum atomic E-state index is -0.609. The second-order valence-corrected chi connectivity index (χ2v) is 4.63. The second-order valence-electron chi connectivity index (χ2n) is 4.63. The zero-order chi connectivity index (χ0) is 14.0. The number of fused-ring (bicyclic) bond motifs is 1. The van der Waals surface area contributed by atoms with Crippen LogP contribution in [0.15, 0.2) is 35.1 Å². The quantitative estimate of drug-likeness (QED) is 0.864. The van der Waals surface area contributed by atoms with E-state index in [1.54, 1.807) is 32.2 Å². The lowest BCUT2D eigenvalue weighted by molar-refractivity contribution is 0.0705. The molecule has 0 saturated heterocycles. The Balaban J connectivity index is 2.50. The molecule has 5 heteroatoms. The number of rotatable bonds is 3. The van der Waals surface area contributed by atoms with Crippen LogP contribution < -0.4 is 5.56 Å². The Labute approximate surface area is 110 Å². The zero-order valence-corrected chi connectivity index (χ0v) is 10.9. The first-order valence-corrected chi connectivity index (χ1v) is 6.04. The third-order valence-corrected chi connectivity index (χ3v) is 2.87. The standard InChI is InChI=1S/C14H16N2O3/c1-9(17)8-16(2)14(19)11-7-13(18)15-12-6-4-3-5-10(11)12/h3-7,9,17H,8H2,1-2H3,(H,15,18). The Morgan fingerprint density at radius 2 is 2.11 bits per heavy atom. The number of hydrogen-bond acceptors (Lipinski definition) is 3. The lowest BCUT2D eigenvalue weighted by Gasteiger charge is -2.19. The fourth-order valence-electron chi connectivity index (χ4n) is 2.07. The molecule has 0 radical (unpaired) electrons. The van der Waals surface area contributed by atoms with Crippen molar-refractivity contribution in [3.8, 4) is 0 Å². The predicted molar refractivity (Wildman–Crippen MR) is 73.2 cm³/mol. The number of aromatic nitrogens is 1. The van der Waals surface area contributed by atoms with Crippen LogP contribution in [-0.2, 0) is 0 Å². The first-order chi connectivity index (χ1) is 8.99. The van der Waals surface area contributed by atoms with Gasteiger partial charge in [0.25, 0.3) is 5.91 Å². The van der Waals surface area contributed by atoms with Gasteiger partial charge in [0, 0.05) is 30.6 Å². The van der Waals surface area contributed by atoms with Crippen LogP contribution in [0.3, 0.4) is 0 Å². The molecule has 0 spiro atoms. The van der Waals surface area contributed by atoms with Crippen molar-refractivity contribution < 1.29 is 9.90 Å². The lowest BCUT2D eigenvalue weighted by Crippen LogP contribution is -2.33. The van der Waals surface area contributed by atoms with Crippen LogP contribution in [0.5, 0.6) is 0 Å². The van der Waals surface area contributed by atoms with Crippen LogP contribution in [-0.4, -0.2) is 40.6 Å². The number of aromatic amines is 1. The van der Waals surface area contributed by atoms with Gasteiger partial charge in [-0.2, -0.15) is 0 Å². The molecule has 0 bridgehead atoms. The van der Waals surface area contributed by atoms with E-state index in [9.17, 15) is 14.7 Å². The number of nitrogens with zero attached hydrogens (tertiary/aromatic N) is 1. The Bertz CT molecular complexity index is 661. The Morgan fingerprint density at radius 3 is 2.79 bits per heavy atom. The number of aliphatic hydroxyl groups excluding tert-OH is 1. The molecule has 1 heterocycles. The van der Waals surface area contributed by atoms with Crippen molar-refractivity contribution in [2.24, 2.45) is 0 Å². The highest BCUT2D eigenvalue weighted by molar-refractivity contribution is 6.05. The summed E-state index contributed by atoms with van der Waals surface area (Å²) in [6, 6.07) is 8.44. The summed E-state index contributed by atoms with van der Waals surface area (Å²) in [5.41, 5.74) is 0.666. The number of aliphatic hydroxyl groups is 1. The predicted octanol–water partition coefficient (Wildman–Crippen LogP) is 0.981. The minimum absolute atomic E-state index is 0.222. The molecule has 2 rings (SSSR count). The van der Waals surface area contributed by atoms with Crippen molar-refractivity contribution in [1.82, 2.24) is 9.88 Å². The molecule has 1 amide bonds. The van der Waals surface area contributed by atoms with Gasteiger partial charge in [0.1, 0.15) is 0 Å². The van der Waals surface area contributed by atoms with Crippen LogP contribution in [0, 0.1) is 0 Å². The average Bonchev–Trinajstić information content (AvgIpc) is 2.36. The van der Waals surface area contributed by atoms with Gasteiger partial charge in [0.15, 0.2) is 0 Å². The number of pyridine rings is 1. The van der Waals surface area contributed by atoms with Crippen molar-refractivity contribution in [1.29, 1.82) is 0 Å². The van der Waals surface area contributed by atoms with Crippen LogP contribution in [0.1, 0.15) is 17.3 Å². The number of amides is 1. The molecular weight excluding hydrogens is 244 g/mol. The van der Waals surface area contributed by atoms with Crippen molar-refractivity contribution >= 4 is 16.8 Å². The molecule has 1 unspecified atom stereocenters. The van der Waals surface area contributed by atoms with Crippen molar-refractivity contribution in [3.63, 3.8) is 0 Å². The molecule has 0 aliphatic carbocycles. The molecule has 2 aromatic rings. The van der Waals surface area contributed by atoms with Gasteiger partial charge in [0.2, 0.25) is 5.56 Å². The summed E-state index contributed by atoms with van der Waals surface area (Å²) in [5.74, 6) is -0.275. The van der Waals surface area contributed by atoms with E-state index in [2.05, 4.69) is 4.98 Å². The van der Waals surface area contributed by atoms with E-state index in [0.29, 0.717) is 16.5 Å². The van der Waals surface area contributed by atoms with Crippen molar-refractivity contribution in [3.05, 3.63) is 46.2 Å². The van der Waals surface area contributed by atoms with Crippen LogP contribution in [0.25, 0.3) is 10.9 Å². The molecule has 19 heavy (non-hydrogen) atoms. The number of H-pyrrole nitrogens is 1. The third kappa shape index (κ3) is 2.82. The summed E-state index contributed by atoms with van der Waals surface area (Å²) in [6.45, 7) is 1.83. The fourth-order valence-corrected chi connectivity index (χ4v) is 2.07. The molecular formula is C14H16N2O3. The van der Waals surface area contributed by atoms with E-state index in [1.807, 2.05) is 6.07 Å². The summed E-state index contributed by atoms with van der Waals surface area (Å²) >= 11 is 0. The van der Waals surface area contributed by atoms with Gasteiger partial charge in [-0.05, 0) is 13.0 Å². The van der Waals surface area contributed by atoms with E-state index in [4.69, 9.17) is 0 Å². The summed E-state index contributed by atoms with van der Waals surface area (Å²) in [5, 5.41) is 10.0. The highest BCUT2D eigenvalue weighted by Gasteiger charge is 2.16. The average molecular weight is 260 g/mol. The lowest BCUT2D eigenvalue weighted by atomic mass is 10.1. The maximum absolute atomic E-state index is 12.3. The summed E-state index contributed by atoms with van der Waals surface area (Å²) in [6.07, 6.45) is -0.609. The second kappa shape index (κ2) is 5.24. The van der Waals surface area contributed by atoms with Crippen LogP contribution in [0.2, 0.25) is 0 Å². The smallest absolute Gasteiger partial charge is 0.254 e. The van der Waals surface area contributed by atoms with Gasteiger partial charge < -0.3 is 15.0 Å². The SMILES string of the molecule is CC(O)CN(C)C(=O)c1cc(=O)[nH]c2ccccc12. The number of hydrogen-bond donors (Lipinski definition) is 2. The molecule has 1 atom stereocenters. The molecule has 100 valence electrons. The molecule has 2 N–H and O–H groups in total. The highest BCUT2D eigenvalue weighted by atomic mass is 16.3. The molecule has 0 aliphatic heterocycles. The number of likely N-dealkylation sites (N-methyl/N-ethyl adjacent to an activating group) is 1. The number of benzene rings is 1. The van der Waals surface area contributed by atoms with Crippen LogP contribution in [0.4, 0.5) is 0 Å². The maximum atomic E-state index is 12.3. The summed E-state index contributed by atoms with van der Waals surface area (Å²) in [7, 11) is 1.60. The van der Waals surface area contributed by atoms with E-state index >= 15 is 0 Å². The Morgan fingerprint density at radius 1 is 1.42 bits per heavy atom. The van der Waals surface area contributed by atoms with Gasteiger partial charge >= 0.3 is 0 Å². The zero-order valence-electron chi connectivity index (χ0n) is 10.9. The number of nitrogens with one attached hydrogen (secondary N) is 1. The largest absolute Gasteiger partial charge is 0.392 e. The number of para-hydroxylation sites is 1. The third-order valence-electron chi connectivity index (χ3n) is 2.87. The Hall–Kier alpha value is -2.14. The monoisotopic (exact) mass is 260 g/mol. The first-order valence-electron chi connectivity index (χ1n) is 6.04. The van der Waals surface area contributed by atoms with Crippen LogP contribution >= 0.6 is 0 Å². The number of carbonyl (C=O) groups excluding carboxylic acids is 1. The molecule has 0 fully saturated rings. The van der Waals surface area contributed by atoms with E-state index in [0.717, 1.165) is 0 Å². The normalized spacial score (nSPS) is 12.4. The van der Waals surface area contributed by atoms with Gasteiger partial charge in [-0.3, -0.25) is 9.59 Å². The molecule has 1 aromatic heterocycles. The topological polar surface area (TPSA) is 73.4 Å². The van der Waals surface area contributed by atoms with E-state index in [1.165, 1.54) is 11.0 Å². The first kappa shape index (κ1) is 13.3. The maximum Gasteiger partial charge on any atom is 0.254 e. The molecule has 0 aliphatic rings.